The molecule has 0 bridgehead atoms. The number of rotatable bonds is 11. The van der Waals surface area contributed by atoms with E-state index in [1.54, 1.807) is 20.8 Å². The van der Waals surface area contributed by atoms with Crippen molar-refractivity contribution in [2.75, 3.05) is 6.54 Å². The van der Waals surface area contributed by atoms with E-state index in [9.17, 15) is 39.9 Å². The standard InChI is InChI=1S/C25H46N8O10/c1-8(2)4-14(22(39)40)32-25(41)31-13(5-10-7-29-24(28)30-10)21(38)33-15-16(34)18(36)20(19(37)17(15)35)43-23-12(27)6-11(26)9(3)42-23/h8-20,23,34-37H,4-7,26-27H2,1-3H3,(H,33,38)(H,39,40)(H3,28,29,30)(H2,31,32,41)/t9-,10+,11-,12+,13-,14-,15?,16-,17+,18+,19+,20?,23+/m0/s1. The number of nitrogens with two attached hydrogens (primary N) is 3. The highest BCUT2D eigenvalue weighted by atomic mass is 16.7. The number of ether oxygens (including phenoxy) is 2. The lowest BCUT2D eigenvalue weighted by molar-refractivity contribution is -0.282. The first-order valence-corrected chi connectivity index (χ1v) is 14.3. The highest BCUT2D eigenvalue weighted by Crippen LogP contribution is 2.28. The van der Waals surface area contributed by atoms with Gasteiger partial charge in [0.2, 0.25) is 5.91 Å². The average molecular weight is 619 g/mol. The summed E-state index contributed by atoms with van der Waals surface area (Å²) in [7, 11) is 0. The zero-order valence-corrected chi connectivity index (χ0v) is 24.4. The lowest BCUT2D eigenvalue weighted by Crippen LogP contribution is -2.71. The van der Waals surface area contributed by atoms with Gasteiger partial charge in [0, 0.05) is 6.04 Å². The quantitative estimate of drug-likeness (QED) is 0.103. The van der Waals surface area contributed by atoms with Crippen LogP contribution in [0, 0.1) is 5.92 Å². The summed E-state index contributed by atoms with van der Waals surface area (Å²) in [5.74, 6) is -2.08. The Morgan fingerprint density at radius 2 is 1.65 bits per heavy atom. The number of guanidine groups is 1. The van der Waals surface area contributed by atoms with E-state index in [1.165, 1.54) is 0 Å². The van der Waals surface area contributed by atoms with E-state index in [2.05, 4.69) is 26.3 Å². The molecule has 3 aliphatic rings. The molecular formula is C25H46N8O10. The molecule has 2 aliphatic heterocycles. The Hall–Kier alpha value is -2.84. The van der Waals surface area contributed by atoms with Crippen LogP contribution in [0.4, 0.5) is 4.79 Å². The Morgan fingerprint density at radius 3 is 2.19 bits per heavy atom. The Bertz CT molecular complexity index is 1000. The molecule has 1 saturated heterocycles. The molecule has 2 unspecified atom stereocenters. The van der Waals surface area contributed by atoms with E-state index in [1.807, 2.05) is 0 Å². The van der Waals surface area contributed by atoms with Crippen molar-refractivity contribution >= 4 is 23.9 Å². The first kappa shape index (κ1) is 34.6. The Kier molecular flexibility index (Phi) is 11.9. The molecule has 246 valence electrons. The Balaban J connectivity index is 1.70. The Morgan fingerprint density at radius 1 is 1.05 bits per heavy atom. The maximum absolute atomic E-state index is 13.4. The molecule has 18 nitrogen and oxygen atoms in total. The van der Waals surface area contributed by atoms with Crippen molar-refractivity contribution in [3.05, 3.63) is 0 Å². The van der Waals surface area contributed by atoms with Gasteiger partial charge in [-0.2, -0.15) is 0 Å². The summed E-state index contributed by atoms with van der Waals surface area (Å²) in [6.07, 6.45) is -9.93. The van der Waals surface area contributed by atoms with Gasteiger partial charge in [-0.15, -0.1) is 0 Å². The third-order valence-electron chi connectivity index (χ3n) is 7.84. The highest BCUT2D eigenvalue weighted by Gasteiger charge is 2.52. The second-order valence-electron chi connectivity index (χ2n) is 11.9. The van der Waals surface area contributed by atoms with Crippen molar-refractivity contribution in [3.63, 3.8) is 0 Å². The number of aliphatic imine (C=N–C) groups is 1. The molecule has 15 N–H and O–H groups in total. The van der Waals surface area contributed by atoms with Gasteiger partial charge in [0.05, 0.1) is 30.8 Å². The van der Waals surface area contributed by atoms with Gasteiger partial charge in [0.1, 0.15) is 42.6 Å². The number of carbonyl (C=O) groups is 3. The lowest BCUT2D eigenvalue weighted by atomic mass is 9.82. The van der Waals surface area contributed by atoms with E-state index in [-0.39, 0.29) is 37.3 Å². The number of aliphatic carboxylic acids is 1. The minimum absolute atomic E-state index is 0.0513. The van der Waals surface area contributed by atoms with Crippen LogP contribution >= 0.6 is 0 Å². The van der Waals surface area contributed by atoms with Gasteiger partial charge in [-0.25, -0.2) is 9.59 Å². The molecule has 0 aromatic rings. The first-order chi connectivity index (χ1) is 20.1. The van der Waals surface area contributed by atoms with E-state index in [4.69, 9.17) is 26.7 Å². The van der Waals surface area contributed by atoms with Crippen LogP contribution in [0.2, 0.25) is 0 Å². The molecule has 43 heavy (non-hydrogen) atoms. The summed E-state index contributed by atoms with van der Waals surface area (Å²) in [5.41, 5.74) is 17.7. The van der Waals surface area contributed by atoms with Crippen LogP contribution in [0.15, 0.2) is 4.99 Å². The van der Waals surface area contributed by atoms with Crippen LogP contribution < -0.4 is 38.5 Å². The predicted octanol–water partition coefficient (Wildman–Crippen LogP) is -5.05. The SMILES string of the molecule is CC(C)C[C@H](NC(=O)N[C@@H](C[C@@H]1CN=C(N)N1)C(=O)NC1[C@@H](O)[C@@H](O)C(O[C@H]2O[C@@H](C)[C@@H](N)C[C@H]2N)[C@H](O)[C@H]1O)C(=O)O. The van der Waals surface area contributed by atoms with Gasteiger partial charge < -0.3 is 73.5 Å². The van der Waals surface area contributed by atoms with Crippen molar-refractivity contribution in [2.24, 2.45) is 28.1 Å². The van der Waals surface area contributed by atoms with Crippen LogP contribution in [0.1, 0.15) is 40.0 Å². The van der Waals surface area contributed by atoms with Crippen molar-refractivity contribution in [1.29, 1.82) is 0 Å². The van der Waals surface area contributed by atoms with Gasteiger partial charge in [-0.05, 0) is 32.1 Å². The molecule has 0 aromatic carbocycles. The number of nitrogens with one attached hydrogen (secondary N) is 4. The summed E-state index contributed by atoms with van der Waals surface area (Å²) in [6.45, 7) is 5.46. The minimum Gasteiger partial charge on any atom is -0.480 e. The lowest BCUT2D eigenvalue weighted by Gasteiger charge is -2.46. The molecular weight excluding hydrogens is 572 g/mol. The second-order valence-corrected chi connectivity index (χ2v) is 11.9. The number of aliphatic hydroxyl groups excluding tert-OH is 4. The second kappa shape index (κ2) is 14.8. The molecule has 18 heteroatoms. The normalized spacial score (nSPS) is 37.5. The van der Waals surface area contributed by atoms with Gasteiger partial charge in [0.25, 0.3) is 0 Å². The van der Waals surface area contributed by atoms with Crippen molar-refractivity contribution in [3.8, 4) is 0 Å². The van der Waals surface area contributed by atoms with Crippen LogP contribution in [0.5, 0.6) is 0 Å². The van der Waals surface area contributed by atoms with E-state index in [0.29, 0.717) is 6.42 Å². The van der Waals surface area contributed by atoms with Gasteiger partial charge >= 0.3 is 12.0 Å². The molecule has 1 aliphatic carbocycles. The van der Waals surface area contributed by atoms with Crippen LogP contribution in [0.25, 0.3) is 0 Å². The number of amides is 3. The molecule has 0 spiro atoms. The number of nitrogens with zero attached hydrogens (tertiary/aromatic N) is 1. The Labute approximate surface area is 248 Å². The molecule has 13 atom stereocenters. The topological polar surface area (TPSA) is 309 Å². The summed E-state index contributed by atoms with van der Waals surface area (Å²) in [4.78, 5) is 41.8. The minimum atomic E-state index is -1.83. The van der Waals surface area contributed by atoms with Crippen LogP contribution in [0.3, 0.4) is 0 Å². The fourth-order valence-electron chi connectivity index (χ4n) is 5.34. The third kappa shape index (κ3) is 8.85. The number of hydrogen-bond acceptors (Lipinski definition) is 14. The third-order valence-corrected chi connectivity index (χ3v) is 7.84. The van der Waals surface area contributed by atoms with Gasteiger partial charge in [0.15, 0.2) is 12.2 Å². The largest absolute Gasteiger partial charge is 0.480 e. The number of urea groups is 1. The van der Waals surface area contributed by atoms with Crippen molar-refractivity contribution in [1.82, 2.24) is 21.3 Å². The maximum atomic E-state index is 13.4. The first-order valence-electron chi connectivity index (χ1n) is 14.3. The van der Waals surface area contributed by atoms with E-state index >= 15 is 0 Å². The zero-order valence-electron chi connectivity index (χ0n) is 24.4. The van der Waals surface area contributed by atoms with Crippen LogP contribution in [-0.2, 0) is 19.1 Å². The number of carboxylic acids is 1. The molecule has 3 rings (SSSR count). The number of carboxylic acid groups (broad SMARTS) is 1. The molecule has 0 radical (unpaired) electrons. The summed E-state index contributed by atoms with van der Waals surface area (Å²) < 4.78 is 11.3. The summed E-state index contributed by atoms with van der Waals surface area (Å²) in [5, 5.41) is 62.8. The van der Waals surface area contributed by atoms with Crippen molar-refractivity contribution < 1.29 is 49.4 Å². The van der Waals surface area contributed by atoms with E-state index in [0.717, 1.165) is 0 Å². The monoisotopic (exact) mass is 618 g/mol. The molecule has 3 amide bonds. The van der Waals surface area contributed by atoms with Crippen LogP contribution in [-0.4, -0.2) is 135 Å². The molecule has 0 aromatic heterocycles. The van der Waals surface area contributed by atoms with Gasteiger partial charge in [-0.1, -0.05) is 13.8 Å². The smallest absolute Gasteiger partial charge is 0.326 e. The predicted molar refractivity (Wildman–Crippen MR) is 150 cm³/mol. The number of carbonyl (C=O) groups excluding carboxylic acids is 2. The fourth-order valence-corrected chi connectivity index (χ4v) is 5.34. The molecule has 1 saturated carbocycles. The number of aliphatic hydroxyl groups is 4. The van der Waals surface area contributed by atoms with Crippen molar-refractivity contribution in [2.45, 2.75) is 119 Å². The van der Waals surface area contributed by atoms with Gasteiger partial charge in [-0.3, -0.25) is 9.79 Å². The zero-order chi connectivity index (χ0) is 32.2. The average Bonchev–Trinajstić information content (AvgIpc) is 3.33. The highest BCUT2D eigenvalue weighted by molar-refractivity contribution is 5.89. The summed E-state index contributed by atoms with van der Waals surface area (Å²) >= 11 is 0. The number of hydrogen-bond donors (Lipinski definition) is 12. The summed E-state index contributed by atoms with van der Waals surface area (Å²) in [6, 6.07) is -6.65. The van der Waals surface area contributed by atoms with E-state index < -0.39 is 91.0 Å². The maximum Gasteiger partial charge on any atom is 0.326 e. The fraction of sp³-hybridized carbons (Fsp3) is 0.840. The molecule has 2 fully saturated rings. The molecule has 2 heterocycles.